The molecule has 0 fully saturated rings. The molecule has 0 saturated carbocycles. The largest absolute Gasteiger partial charge is 0.477 e. The van der Waals surface area contributed by atoms with Crippen molar-refractivity contribution >= 4 is 23.2 Å². The zero-order valence-electron chi connectivity index (χ0n) is 11.5. The maximum Gasteiger partial charge on any atom is 0.354 e. The van der Waals surface area contributed by atoms with Crippen molar-refractivity contribution in [2.75, 3.05) is 0 Å². The number of aryl methyl sites for hydroxylation is 2. The van der Waals surface area contributed by atoms with Crippen LogP contribution in [0.5, 0.6) is 0 Å². The highest BCUT2D eigenvalue weighted by Gasteiger charge is 2.18. The number of fused-ring (bicyclic) bond motifs is 1. The summed E-state index contributed by atoms with van der Waals surface area (Å²) in [7, 11) is 0. The standard InChI is InChI=1S/C15H12ClN3O2/c1-8-3-5-10(6-4-8)11-7-12(15(20)21)19-14(17-11)13(16)9(2)18-19/h3-7H,1-2H3,(H,20,21). The minimum Gasteiger partial charge on any atom is -0.477 e. The molecule has 0 spiro atoms. The van der Waals surface area contributed by atoms with Crippen LogP contribution in [0.2, 0.25) is 5.02 Å². The molecular formula is C15H12ClN3O2. The van der Waals surface area contributed by atoms with Gasteiger partial charge in [0.2, 0.25) is 0 Å². The Kier molecular flexibility index (Phi) is 3.14. The van der Waals surface area contributed by atoms with Crippen LogP contribution in [0.25, 0.3) is 16.9 Å². The van der Waals surface area contributed by atoms with Crippen molar-refractivity contribution in [3.05, 3.63) is 52.3 Å². The van der Waals surface area contributed by atoms with E-state index in [2.05, 4.69) is 10.1 Å². The molecule has 2 heterocycles. The highest BCUT2D eigenvalue weighted by atomic mass is 35.5. The number of aromatic carboxylic acids is 1. The summed E-state index contributed by atoms with van der Waals surface area (Å²) in [6.07, 6.45) is 0. The number of halogens is 1. The molecule has 5 nitrogen and oxygen atoms in total. The molecule has 3 rings (SSSR count). The Morgan fingerprint density at radius 3 is 2.52 bits per heavy atom. The lowest BCUT2D eigenvalue weighted by molar-refractivity contribution is 0.0687. The Morgan fingerprint density at radius 2 is 1.90 bits per heavy atom. The number of nitrogens with zero attached hydrogens (tertiary/aromatic N) is 3. The van der Waals surface area contributed by atoms with E-state index in [1.807, 2.05) is 31.2 Å². The Morgan fingerprint density at radius 1 is 1.24 bits per heavy atom. The molecule has 0 saturated heterocycles. The van der Waals surface area contributed by atoms with Crippen molar-refractivity contribution in [2.45, 2.75) is 13.8 Å². The van der Waals surface area contributed by atoms with Gasteiger partial charge >= 0.3 is 5.97 Å². The molecule has 1 N–H and O–H groups in total. The van der Waals surface area contributed by atoms with Crippen molar-refractivity contribution in [3.8, 4) is 11.3 Å². The van der Waals surface area contributed by atoms with Crippen LogP contribution in [0.4, 0.5) is 0 Å². The molecule has 0 unspecified atom stereocenters. The van der Waals surface area contributed by atoms with Crippen molar-refractivity contribution in [1.82, 2.24) is 14.6 Å². The van der Waals surface area contributed by atoms with E-state index in [0.717, 1.165) is 11.1 Å². The van der Waals surface area contributed by atoms with Gasteiger partial charge < -0.3 is 5.11 Å². The van der Waals surface area contributed by atoms with Gasteiger partial charge in [0.05, 0.1) is 11.4 Å². The lowest BCUT2D eigenvalue weighted by Gasteiger charge is -2.05. The lowest BCUT2D eigenvalue weighted by atomic mass is 10.1. The van der Waals surface area contributed by atoms with Crippen molar-refractivity contribution in [2.24, 2.45) is 0 Å². The van der Waals surface area contributed by atoms with Crippen LogP contribution in [0.1, 0.15) is 21.7 Å². The van der Waals surface area contributed by atoms with Gasteiger partial charge in [-0.3, -0.25) is 0 Å². The SMILES string of the molecule is Cc1ccc(-c2cc(C(=O)O)n3nc(C)c(Cl)c3n2)cc1. The number of aromatic nitrogens is 3. The smallest absolute Gasteiger partial charge is 0.354 e. The second kappa shape index (κ2) is 4.86. The molecule has 0 atom stereocenters. The van der Waals surface area contributed by atoms with Gasteiger partial charge in [0.15, 0.2) is 11.3 Å². The predicted molar refractivity (Wildman–Crippen MR) is 79.9 cm³/mol. The van der Waals surface area contributed by atoms with E-state index >= 15 is 0 Å². The first-order valence-electron chi connectivity index (χ1n) is 6.33. The van der Waals surface area contributed by atoms with Gasteiger partial charge in [-0.15, -0.1) is 0 Å². The summed E-state index contributed by atoms with van der Waals surface area (Å²) < 4.78 is 1.26. The molecule has 2 aromatic heterocycles. The highest BCUT2D eigenvalue weighted by molar-refractivity contribution is 6.34. The normalized spacial score (nSPS) is 11.0. The number of carbonyl (C=O) groups is 1. The van der Waals surface area contributed by atoms with Gasteiger partial charge in [-0.1, -0.05) is 41.4 Å². The van der Waals surface area contributed by atoms with E-state index in [4.69, 9.17) is 11.6 Å². The molecule has 1 aromatic carbocycles. The van der Waals surface area contributed by atoms with E-state index in [1.165, 1.54) is 10.6 Å². The van der Waals surface area contributed by atoms with E-state index in [1.54, 1.807) is 6.92 Å². The Labute approximate surface area is 125 Å². The van der Waals surface area contributed by atoms with Crippen LogP contribution in [-0.4, -0.2) is 25.7 Å². The zero-order valence-corrected chi connectivity index (χ0v) is 12.2. The average molecular weight is 302 g/mol. The van der Waals surface area contributed by atoms with Gasteiger partial charge in [-0.2, -0.15) is 5.10 Å². The van der Waals surface area contributed by atoms with Gasteiger partial charge in [0, 0.05) is 5.56 Å². The maximum absolute atomic E-state index is 11.4. The van der Waals surface area contributed by atoms with E-state index in [0.29, 0.717) is 22.1 Å². The minimum atomic E-state index is -1.07. The van der Waals surface area contributed by atoms with E-state index in [9.17, 15) is 9.90 Å². The second-order valence-electron chi connectivity index (χ2n) is 4.83. The van der Waals surface area contributed by atoms with Crippen molar-refractivity contribution in [1.29, 1.82) is 0 Å². The Balaban J connectivity index is 2.31. The Bertz CT molecular complexity index is 853. The number of rotatable bonds is 2. The Hall–Kier alpha value is -2.40. The first kappa shape index (κ1) is 13.6. The summed E-state index contributed by atoms with van der Waals surface area (Å²) in [5.41, 5.74) is 3.45. The fourth-order valence-electron chi connectivity index (χ4n) is 2.12. The molecule has 0 aliphatic rings. The number of hydrogen-bond acceptors (Lipinski definition) is 3. The van der Waals surface area contributed by atoms with Crippen LogP contribution in [-0.2, 0) is 0 Å². The average Bonchev–Trinajstić information content (AvgIpc) is 2.74. The molecule has 6 heteroatoms. The zero-order chi connectivity index (χ0) is 15.1. The quantitative estimate of drug-likeness (QED) is 0.788. The van der Waals surface area contributed by atoms with Crippen molar-refractivity contribution in [3.63, 3.8) is 0 Å². The van der Waals surface area contributed by atoms with Crippen LogP contribution in [0, 0.1) is 13.8 Å². The van der Waals surface area contributed by atoms with E-state index in [-0.39, 0.29) is 5.69 Å². The molecular weight excluding hydrogens is 290 g/mol. The first-order valence-corrected chi connectivity index (χ1v) is 6.71. The molecule has 0 amide bonds. The number of benzene rings is 1. The van der Waals surface area contributed by atoms with Crippen LogP contribution < -0.4 is 0 Å². The summed E-state index contributed by atoms with van der Waals surface area (Å²) in [6, 6.07) is 9.20. The molecule has 106 valence electrons. The van der Waals surface area contributed by atoms with Crippen LogP contribution >= 0.6 is 11.6 Å². The highest BCUT2D eigenvalue weighted by Crippen LogP contribution is 2.25. The van der Waals surface area contributed by atoms with Gasteiger partial charge in [0.1, 0.15) is 5.02 Å². The summed E-state index contributed by atoms with van der Waals surface area (Å²) >= 11 is 6.16. The van der Waals surface area contributed by atoms with Crippen LogP contribution in [0.15, 0.2) is 30.3 Å². The summed E-state index contributed by atoms with van der Waals surface area (Å²) in [5.74, 6) is -1.07. The molecule has 21 heavy (non-hydrogen) atoms. The topological polar surface area (TPSA) is 67.5 Å². The number of carboxylic acid groups (broad SMARTS) is 1. The summed E-state index contributed by atoms with van der Waals surface area (Å²) in [5, 5.41) is 13.9. The first-order chi connectivity index (χ1) is 9.97. The molecule has 0 aliphatic heterocycles. The third-order valence-electron chi connectivity index (χ3n) is 3.26. The summed E-state index contributed by atoms with van der Waals surface area (Å²) in [6.45, 7) is 3.70. The predicted octanol–water partition coefficient (Wildman–Crippen LogP) is 3.36. The third-order valence-corrected chi connectivity index (χ3v) is 3.70. The van der Waals surface area contributed by atoms with Crippen LogP contribution in [0.3, 0.4) is 0 Å². The fraction of sp³-hybridized carbons (Fsp3) is 0.133. The second-order valence-corrected chi connectivity index (χ2v) is 5.21. The van der Waals surface area contributed by atoms with E-state index < -0.39 is 5.97 Å². The van der Waals surface area contributed by atoms with Gasteiger partial charge in [0.25, 0.3) is 0 Å². The summed E-state index contributed by atoms with van der Waals surface area (Å²) in [4.78, 5) is 15.9. The van der Waals surface area contributed by atoms with Gasteiger partial charge in [-0.25, -0.2) is 14.3 Å². The minimum absolute atomic E-state index is 0.0329. The molecule has 3 aromatic rings. The number of carboxylic acids is 1. The maximum atomic E-state index is 11.4. The number of hydrogen-bond donors (Lipinski definition) is 1. The molecule has 0 radical (unpaired) electrons. The lowest BCUT2D eigenvalue weighted by Crippen LogP contribution is -2.08. The molecule has 0 bridgehead atoms. The monoisotopic (exact) mass is 301 g/mol. The molecule has 0 aliphatic carbocycles. The fourth-order valence-corrected chi connectivity index (χ4v) is 2.28. The van der Waals surface area contributed by atoms with Gasteiger partial charge in [-0.05, 0) is 19.9 Å². The third kappa shape index (κ3) is 2.25. The van der Waals surface area contributed by atoms with Crippen molar-refractivity contribution < 1.29 is 9.90 Å².